The van der Waals surface area contributed by atoms with Crippen molar-refractivity contribution in [3.8, 4) is 0 Å². The van der Waals surface area contributed by atoms with Crippen LogP contribution in [-0.4, -0.2) is 68.6 Å². The van der Waals surface area contributed by atoms with Crippen LogP contribution in [0.2, 0.25) is 0 Å². The molecule has 0 aliphatic heterocycles. The van der Waals surface area contributed by atoms with E-state index in [0.717, 1.165) is 45.1 Å². The fraction of sp³-hybridized carbons (Fsp3) is 0.667. The minimum Gasteiger partial charge on any atom is -0.355 e. The fourth-order valence-electron chi connectivity index (χ4n) is 3.00. The number of nitrogens with zero attached hydrogens (tertiary/aromatic N) is 3. The van der Waals surface area contributed by atoms with E-state index < -0.39 is 0 Å². The Balaban J connectivity index is 2.21. The molecule has 26 heavy (non-hydrogen) atoms. The molecule has 1 rings (SSSR count). The number of aliphatic imine (C=N–C) groups is 1. The van der Waals surface area contributed by atoms with Crippen molar-refractivity contribution in [3.63, 3.8) is 0 Å². The molecule has 0 aromatic heterocycles. The SMILES string of the molecule is CCN(CC)CCCC(C)NC(=NC)NCCN(C)Cc1ccccc1. The molecule has 0 amide bonds. The van der Waals surface area contributed by atoms with E-state index in [1.54, 1.807) is 0 Å². The van der Waals surface area contributed by atoms with Gasteiger partial charge in [-0.2, -0.15) is 0 Å². The summed E-state index contributed by atoms with van der Waals surface area (Å²) in [4.78, 5) is 9.15. The molecule has 1 atom stereocenters. The van der Waals surface area contributed by atoms with Gasteiger partial charge in [0.25, 0.3) is 0 Å². The lowest BCUT2D eigenvalue weighted by atomic mass is 10.2. The van der Waals surface area contributed by atoms with Gasteiger partial charge in [0.05, 0.1) is 0 Å². The largest absolute Gasteiger partial charge is 0.355 e. The highest BCUT2D eigenvalue weighted by Crippen LogP contribution is 2.02. The summed E-state index contributed by atoms with van der Waals surface area (Å²) in [7, 11) is 3.99. The fourth-order valence-corrected chi connectivity index (χ4v) is 3.00. The average molecular weight is 362 g/mol. The molecule has 5 heteroatoms. The molecule has 148 valence electrons. The zero-order valence-corrected chi connectivity index (χ0v) is 17.5. The van der Waals surface area contributed by atoms with Gasteiger partial charge < -0.3 is 20.4 Å². The molecule has 5 nitrogen and oxygen atoms in total. The molecule has 1 aromatic carbocycles. The molecule has 0 aliphatic rings. The van der Waals surface area contributed by atoms with Gasteiger partial charge in [-0.25, -0.2) is 0 Å². The molecule has 1 unspecified atom stereocenters. The van der Waals surface area contributed by atoms with E-state index in [9.17, 15) is 0 Å². The summed E-state index contributed by atoms with van der Waals surface area (Å²) >= 11 is 0. The second-order valence-electron chi connectivity index (χ2n) is 6.94. The normalized spacial score (nSPS) is 13.3. The first-order valence-electron chi connectivity index (χ1n) is 10.0. The number of guanidine groups is 1. The van der Waals surface area contributed by atoms with E-state index >= 15 is 0 Å². The molecule has 0 saturated carbocycles. The summed E-state index contributed by atoms with van der Waals surface area (Å²) in [6.45, 7) is 13.0. The Bertz CT molecular complexity index is 484. The van der Waals surface area contributed by atoms with Crippen LogP contribution in [0.3, 0.4) is 0 Å². The number of likely N-dealkylation sites (N-methyl/N-ethyl adjacent to an activating group) is 1. The smallest absolute Gasteiger partial charge is 0.191 e. The summed E-state index contributed by atoms with van der Waals surface area (Å²) < 4.78 is 0. The summed E-state index contributed by atoms with van der Waals surface area (Å²) in [5.41, 5.74) is 1.35. The minimum atomic E-state index is 0.429. The number of rotatable bonds is 12. The molecule has 0 radical (unpaired) electrons. The standard InChI is InChI=1S/C21H39N5/c1-6-26(7-2)16-11-12-19(3)24-21(22-4)23-15-17-25(5)18-20-13-9-8-10-14-20/h8-10,13-14,19H,6-7,11-12,15-18H2,1-5H3,(H2,22,23,24). The highest BCUT2D eigenvalue weighted by atomic mass is 15.2. The van der Waals surface area contributed by atoms with Crippen LogP contribution < -0.4 is 10.6 Å². The van der Waals surface area contributed by atoms with Crippen molar-refractivity contribution < 1.29 is 0 Å². The van der Waals surface area contributed by atoms with Crippen molar-refractivity contribution in [2.75, 3.05) is 46.8 Å². The first-order valence-corrected chi connectivity index (χ1v) is 10.0. The number of hydrogen-bond donors (Lipinski definition) is 2. The van der Waals surface area contributed by atoms with Crippen molar-refractivity contribution in [1.82, 2.24) is 20.4 Å². The van der Waals surface area contributed by atoms with Crippen LogP contribution in [0.4, 0.5) is 0 Å². The third-order valence-corrected chi connectivity index (χ3v) is 4.69. The average Bonchev–Trinajstić information content (AvgIpc) is 2.65. The highest BCUT2D eigenvalue weighted by molar-refractivity contribution is 5.79. The number of benzene rings is 1. The van der Waals surface area contributed by atoms with Crippen LogP contribution in [0.15, 0.2) is 35.3 Å². The van der Waals surface area contributed by atoms with Gasteiger partial charge in [-0.05, 0) is 52.0 Å². The second-order valence-corrected chi connectivity index (χ2v) is 6.94. The van der Waals surface area contributed by atoms with Crippen LogP contribution in [-0.2, 0) is 6.54 Å². The van der Waals surface area contributed by atoms with Crippen molar-refractivity contribution in [2.45, 2.75) is 46.2 Å². The van der Waals surface area contributed by atoms with Gasteiger partial charge in [-0.1, -0.05) is 44.2 Å². The van der Waals surface area contributed by atoms with E-state index in [4.69, 9.17) is 0 Å². The quantitative estimate of drug-likeness (QED) is 0.444. The molecule has 0 bridgehead atoms. The lowest BCUT2D eigenvalue weighted by molar-refractivity contribution is 0.292. The van der Waals surface area contributed by atoms with Gasteiger partial charge in [0.2, 0.25) is 0 Å². The molecule has 0 spiro atoms. The molecule has 0 heterocycles. The number of nitrogens with one attached hydrogen (secondary N) is 2. The molecular formula is C21H39N5. The van der Waals surface area contributed by atoms with Crippen molar-refractivity contribution in [3.05, 3.63) is 35.9 Å². The van der Waals surface area contributed by atoms with Crippen molar-refractivity contribution >= 4 is 5.96 Å². The van der Waals surface area contributed by atoms with Gasteiger partial charge in [-0.15, -0.1) is 0 Å². The van der Waals surface area contributed by atoms with Crippen LogP contribution in [0.5, 0.6) is 0 Å². The van der Waals surface area contributed by atoms with Gasteiger partial charge in [-0.3, -0.25) is 4.99 Å². The van der Waals surface area contributed by atoms with Gasteiger partial charge in [0.1, 0.15) is 0 Å². The molecular weight excluding hydrogens is 322 g/mol. The van der Waals surface area contributed by atoms with Gasteiger partial charge >= 0.3 is 0 Å². The van der Waals surface area contributed by atoms with Crippen LogP contribution in [0.25, 0.3) is 0 Å². The summed E-state index contributed by atoms with van der Waals surface area (Å²) in [6, 6.07) is 11.0. The molecule has 0 saturated heterocycles. The maximum Gasteiger partial charge on any atom is 0.191 e. The topological polar surface area (TPSA) is 42.9 Å². The minimum absolute atomic E-state index is 0.429. The van der Waals surface area contributed by atoms with Crippen molar-refractivity contribution in [2.24, 2.45) is 4.99 Å². The Morgan fingerprint density at radius 3 is 2.42 bits per heavy atom. The molecule has 0 fully saturated rings. The van der Waals surface area contributed by atoms with Gasteiger partial charge in [0, 0.05) is 32.7 Å². The zero-order chi connectivity index (χ0) is 19.2. The van der Waals surface area contributed by atoms with Crippen molar-refractivity contribution in [1.29, 1.82) is 0 Å². The first kappa shape index (κ1) is 22.5. The van der Waals surface area contributed by atoms with E-state index in [0.29, 0.717) is 6.04 Å². The van der Waals surface area contributed by atoms with E-state index in [-0.39, 0.29) is 0 Å². The Kier molecular flexibility index (Phi) is 11.7. The Morgan fingerprint density at radius 1 is 1.12 bits per heavy atom. The molecule has 1 aromatic rings. The Hall–Kier alpha value is -1.59. The zero-order valence-electron chi connectivity index (χ0n) is 17.5. The second kappa shape index (κ2) is 13.6. The molecule has 2 N–H and O–H groups in total. The van der Waals surface area contributed by atoms with Crippen LogP contribution in [0, 0.1) is 0 Å². The predicted octanol–water partition coefficient (Wildman–Crippen LogP) is 2.79. The van der Waals surface area contributed by atoms with E-state index in [1.807, 2.05) is 7.05 Å². The predicted molar refractivity (Wildman–Crippen MR) is 114 cm³/mol. The lowest BCUT2D eigenvalue weighted by Crippen LogP contribution is -2.44. The maximum atomic E-state index is 4.35. The monoisotopic (exact) mass is 361 g/mol. The Morgan fingerprint density at radius 2 is 1.81 bits per heavy atom. The summed E-state index contributed by atoms with van der Waals surface area (Å²) in [5.74, 6) is 0.897. The highest BCUT2D eigenvalue weighted by Gasteiger charge is 2.07. The first-order chi connectivity index (χ1) is 12.6. The number of hydrogen-bond acceptors (Lipinski definition) is 3. The maximum absolute atomic E-state index is 4.35. The van der Waals surface area contributed by atoms with Crippen LogP contribution >= 0.6 is 0 Å². The van der Waals surface area contributed by atoms with E-state index in [1.165, 1.54) is 18.5 Å². The third kappa shape index (κ3) is 9.78. The van der Waals surface area contributed by atoms with E-state index in [2.05, 4.69) is 83.6 Å². The van der Waals surface area contributed by atoms with Gasteiger partial charge in [0.15, 0.2) is 5.96 Å². The Labute approximate surface area is 160 Å². The summed E-state index contributed by atoms with van der Waals surface area (Å²) in [5, 5.41) is 6.93. The molecule has 0 aliphatic carbocycles. The van der Waals surface area contributed by atoms with Crippen LogP contribution in [0.1, 0.15) is 39.2 Å². The third-order valence-electron chi connectivity index (χ3n) is 4.69. The lowest BCUT2D eigenvalue weighted by Gasteiger charge is -2.22. The summed E-state index contributed by atoms with van der Waals surface area (Å²) in [6.07, 6.45) is 2.37.